The molecular formula is C17H13ClN4O2S. The fourth-order valence-corrected chi connectivity index (χ4v) is 3.57. The molecule has 0 radical (unpaired) electrons. The summed E-state index contributed by atoms with van der Waals surface area (Å²) in [6.45, 7) is 0. The first-order valence-corrected chi connectivity index (χ1v) is 8.60. The lowest BCUT2D eigenvalue weighted by atomic mass is 10.2. The van der Waals surface area contributed by atoms with Gasteiger partial charge in [-0.3, -0.25) is 0 Å². The molecule has 8 heteroatoms. The van der Waals surface area contributed by atoms with Crippen LogP contribution in [0.4, 0.5) is 0 Å². The molecule has 0 unspecified atom stereocenters. The molecule has 126 valence electrons. The fraction of sp³-hybridized carbons (Fsp3) is 0.118. The van der Waals surface area contributed by atoms with Gasteiger partial charge in [-0.1, -0.05) is 35.1 Å². The maximum absolute atomic E-state index is 6.28. The number of hydrogen-bond acceptors (Lipinski definition) is 6. The quantitative estimate of drug-likeness (QED) is 0.537. The highest BCUT2D eigenvalue weighted by molar-refractivity contribution is 7.19. The minimum Gasteiger partial charge on any atom is -0.493 e. The third kappa shape index (κ3) is 2.71. The highest BCUT2D eigenvalue weighted by atomic mass is 35.5. The van der Waals surface area contributed by atoms with Gasteiger partial charge in [0.1, 0.15) is 5.01 Å². The highest BCUT2D eigenvalue weighted by Gasteiger charge is 2.17. The molecule has 0 fully saturated rings. The number of nitrogens with zero attached hydrogens (tertiary/aromatic N) is 4. The van der Waals surface area contributed by atoms with Crippen LogP contribution in [0.25, 0.3) is 26.9 Å². The second-order valence-corrected chi connectivity index (χ2v) is 6.54. The third-order valence-corrected chi connectivity index (χ3v) is 5.01. The van der Waals surface area contributed by atoms with Gasteiger partial charge in [0.15, 0.2) is 17.3 Å². The molecule has 0 saturated carbocycles. The Morgan fingerprint density at radius 2 is 1.80 bits per heavy atom. The van der Waals surface area contributed by atoms with Crippen LogP contribution in [0.2, 0.25) is 5.02 Å². The lowest BCUT2D eigenvalue weighted by molar-refractivity contribution is 0.355. The molecule has 0 bridgehead atoms. The molecule has 0 saturated heterocycles. The molecule has 0 N–H and O–H groups in total. The van der Waals surface area contributed by atoms with E-state index in [4.69, 9.17) is 21.1 Å². The van der Waals surface area contributed by atoms with Crippen molar-refractivity contribution < 1.29 is 9.47 Å². The van der Waals surface area contributed by atoms with Crippen LogP contribution in [0.15, 0.2) is 42.5 Å². The number of halogens is 1. The minimum atomic E-state index is 0.609. The van der Waals surface area contributed by atoms with Crippen molar-refractivity contribution in [2.45, 2.75) is 0 Å². The van der Waals surface area contributed by atoms with E-state index in [1.807, 2.05) is 42.5 Å². The maximum Gasteiger partial charge on any atom is 0.235 e. The summed E-state index contributed by atoms with van der Waals surface area (Å²) in [6, 6.07) is 13.2. The van der Waals surface area contributed by atoms with Crippen molar-refractivity contribution >= 4 is 27.9 Å². The van der Waals surface area contributed by atoms with Crippen LogP contribution in [0.1, 0.15) is 0 Å². The molecule has 0 aliphatic heterocycles. The Labute approximate surface area is 152 Å². The predicted molar refractivity (Wildman–Crippen MR) is 97.6 cm³/mol. The Balaban J connectivity index is 1.82. The van der Waals surface area contributed by atoms with Crippen molar-refractivity contribution in [2.75, 3.05) is 14.2 Å². The Bertz CT molecular complexity index is 1060. The number of rotatable bonds is 4. The van der Waals surface area contributed by atoms with Gasteiger partial charge in [0.2, 0.25) is 4.96 Å². The first kappa shape index (κ1) is 15.9. The average molecular weight is 373 g/mol. The summed E-state index contributed by atoms with van der Waals surface area (Å²) < 4.78 is 12.3. The summed E-state index contributed by atoms with van der Waals surface area (Å²) in [4.78, 5) is 0.694. The largest absolute Gasteiger partial charge is 0.493 e. The Hall–Kier alpha value is -2.64. The summed E-state index contributed by atoms with van der Waals surface area (Å²) >= 11 is 7.72. The summed E-state index contributed by atoms with van der Waals surface area (Å²) in [7, 11) is 3.21. The van der Waals surface area contributed by atoms with E-state index in [2.05, 4.69) is 15.3 Å². The van der Waals surface area contributed by atoms with Gasteiger partial charge in [0.25, 0.3) is 0 Å². The standard InChI is InChI=1S/C17H13ClN4O2S/c1-23-13-8-7-10(9-14(13)24-2)16-21-22-15(19-20-17(22)25-16)11-5-3-4-6-12(11)18/h3-9H,1-2H3. The molecule has 6 nitrogen and oxygen atoms in total. The van der Waals surface area contributed by atoms with E-state index in [0.29, 0.717) is 27.3 Å². The van der Waals surface area contributed by atoms with Gasteiger partial charge in [-0.25, -0.2) is 0 Å². The molecule has 0 spiro atoms. The van der Waals surface area contributed by atoms with Crippen LogP contribution in [-0.2, 0) is 0 Å². The SMILES string of the molecule is COc1ccc(-c2nn3c(-c4ccccc4Cl)nnc3s2)cc1OC. The van der Waals surface area contributed by atoms with Gasteiger partial charge >= 0.3 is 0 Å². The number of hydrogen-bond donors (Lipinski definition) is 0. The van der Waals surface area contributed by atoms with Crippen LogP contribution in [0.5, 0.6) is 11.5 Å². The van der Waals surface area contributed by atoms with E-state index in [1.165, 1.54) is 11.3 Å². The molecule has 25 heavy (non-hydrogen) atoms. The van der Waals surface area contributed by atoms with Gasteiger partial charge in [-0.2, -0.15) is 9.61 Å². The molecule has 2 aromatic carbocycles. The summed E-state index contributed by atoms with van der Waals surface area (Å²) in [5, 5.41) is 14.5. The van der Waals surface area contributed by atoms with Crippen LogP contribution in [-0.4, -0.2) is 34.0 Å². The fourth-order valence-electron chi connectivity index (χ4n) is 2.51. The second-order valence-electron chi connectivity index (χ2n) is 5.17. The maximum atomic E-state index is 6.28. The number of fused-ring (bicyclic) bond motifs is 1. The van der Waals surface area contributed by atoms with Crippen molar-refractivity contribution in [3.8, 4) is 33.5 Å². The van der Waals surface area contributed by atoms with Crippen molar-refractivity contribution in [2.24, 2.45) is 0 Å². The number of benzene rings is 2. The molecule has 0 amide bonds. The van der Waals surface area contributed by atoms with E-state index in [1.54, 1.807) is 18.7 Å². The minimum absolute atomic E-state index is 0.609. The first-order chi connectivity index (χ1) is 12.2. The molecule has 0 aliphatic carbocycles. The molecular weight excluding hydrogens is 360 g/mol. The molecule has 2 heterocycles. The van der Waals surface area contributed by atoms with Crippen LogP contribution >= 0.6 is 22.9 Å². The van der Waals surface area contributed by atoms with Gasteiger partial charge in [-0.05, 0) is 30.3 Å². The monoisotopic (exact) mass is 372 g/mol. The van der Waals surface area contributed by atoms with Crippen molar-refractivity contribution in [1.82, 2.24) is 19.8 Å². The average Bonchev–Trinajstić information content (AvgIpc) is 3.22. The van der Waals surface area contributed by atoms with E-state index in [0.717, 1.165) is 16.1 Å². The molecule has 0 atom stereocenters. The van der Waals surface area contributed by atoms with Crippen molar-refractivity contribution in [3.63, 3.8) is 0 Å². The van der Waals surface area contributed by atoms with Crippen molar-refractivity contribution in [3.05, 3.63) is 47.5 Å². The molecule has 4 rings (SSSR count). The highest BCUT2D eigenvalue weighted by Crippen LogP contribution is 2.35. The van der Waals surface area contributed by atoms with E-state index in [-0.39, 0.29) is 0 Å². The zero-order valence-corrected chi connectivity index (χ0v) is 15.0. The zero-order valence-electron chi connectivity index (χ0n) is 13.4. The van der Waals surface area contributed by atoms with Crippen LogP contribution < -0.4 is 9.47 Å². The van der Waals surface area contributed by atoms with Crippen LogP contribution in [0.3, 0.4) is 0 Å². The lowest BCUT2D eigenvalue weighted by Gasteiger charge is -2.07. The number of aromatic nitrogens is 4. The van der Waals surface area contributed by atoms with Crippen LogP contribution in [0, 0.1) is 0 Å². The second kappa shape index (κ2) is 6.34. The normalized spacial score (nSPS) is 11.0. The Kier molecular flexibility index (Phi) is 4.03. The number of ether oxygens (including phenoxy) is 2. The van der Waals surface area contributed by atoms with Gasteiger partial charge < -0.3 is 9.47 Å². The van der Waals surface area contributed by atoms with E-state index < -0.39 is 0 Å². The van der Waals surface area contributed by atoms with Crippen molar-refractivity contribution in [1.29, 1.82) is 0 Å². The van der Waals surface area contributed by atoms with E-state index >= 15 is 0 Å². The molecule has 2 aromatic heterocycles. The molecule has 4 aromatic rings. The Morgan fingerprint density at radius 1 is 1.00 bits per heavy atom. The topological polar surface area (TPSA) is 61.5 Å². The lowest BCUT2D eigenvalue weighted by Crippen LogP contribution is -1.93. The summed E-state index contributed by atoms with van der Waals surface area (Å²) in [5.41, 5.74) is 1.71. The third-order valence-electron chi connectivity index (χ3n) is 3.74. The summed E-state index contributed by atoms with van der Waals surface area (Å²) in [5.74, 6) is 1.94. The van der Waals surface area contributed by atoms with Gasteiger partial charge in [-0.15, -0.1) is 10.2 Å². The smallest absolute Gasteiger partial charge is 0.235 e. The molecule has 0 aliphatic rings. The Morgan fingerprint density at radius 3 is 2.56 bits per heavy atom. The first-order valence-electron chi connectivity index (χ1n) is 7.41. The van der Waals surface area contributed by atoms with Gasteiger partial charge in [0, 0.05) is 11.1 Å². The summed E-state index contributed by atoms with van der Waals surface area (Å²) in [6.07, 6.45) is 0. The van der Waals surface area contributed by atoms with Gasteiger partial charge in [0.05, 0.1) is 19.2 Å². The zero-order chi connectivity index (χ0) is 17.4. The predicted octanol–water partition coefficient (Wildman–Crippen LogP) is 4.19. The number of methoxy groups -OCH3 is 2. The van der Waals surface area contributed by atoms with E-state index in [9.17, 15) is 0 Å².